The second-order valence-corrected chi connectivity index (χ2v) is 11.4. The summed E-state index contributed by atoms with van der Waals surface area (Å²) in [6, 6.07) is 16.3. The number of ether oxygens (including phenoxy) is 1. The minimum atomic E-state index is -3.80. The molecule has 9 nitrogen and oxygen atoms in total. The summed E-state index contributed by atoms with van der Waals surface area (Å²) < 4.78 is 29.8. The van der Waals surface area contributed by atoms with Crippen molar-refractivity contribution in [3.05, 3.63) is 80.8 Å². The maximum atomic E-state index is 13.3. The van der Waals surface area contributed by atoms with Crippen molar-refractivity contribution in [2.24, 2.45) is 0 Å². The summed E-state index contributed by atoms with van der Waals surface area (Å²) in [4.78, 5) is 31.1. The highest BCUT2D eigenvalue weighted by molar-refractivity contribution is 7.89. The first-order valence-corrected chi connectivity index (χ1v) is 14.0. The van der Waals surface area contributed by atoms with Gasteiger partial charge in [0.05, 0.1) is 19.9 Å². The summed E-state index contributed by atoms with van der Waals surface area (Å²) in [6.07, 6.45) is 0.756. The van der Waals surface area contributed by atoms with Gasteiger partial charge < -0.3 is 14.7 Å². The molecule has 1 aromatic heterocycles. The molecule has 1 atom stereocenters. The van der Waals surface area contributed by atoms with Gasteiger partial charge in [0.15, 0.2) is 11.8 Å². The van der Waals surface area contributed by atoms with Gasteiger partial charge in [0.1, 0.15) is 15.1 Å². The molecule has 0 radical (unpaired) electrons. The van der Waals surface area contributed by atoms with E-state index >= 15 is 0 Å². The van der Waals surface area contributed by atoms with Crippen molar-refractivity contribution in [3.8, 4) is 5.75 Å². The molecule has 12 heteroatoms. The van der Waals surface area contributed by atoms with Gasteiger partial charge in [-0.3, -0.25) is 9.59 Å². The second kappa shape index (κ2) is 12.3. The normalized spacial score (nSPS) is 12.1. The summed E-state index contributed by atoms with van der Waals surface area (Å²) in [5.41, 5.74) is 1.27. The lowest BCUT2D eigenvalue weighted by atomic mass is 10.1. The van der Waals surface area contributed by atoms with Crippen LogP contribution >= 0.6 is 22.9 Å². The van der Waals surface area contributed by atoms with Crippen molar-refractivity contribution >= 4 is 44.8 Å². The molecule has 2 amide bonds. The van der Waals surface area contributed by atoms with Gasteiger partial charge in [0.2, 0.25) is 10.0 Å². The largest absolute Gasteiger partial charge is 0.497 e. The molecule has 0 saturated heterocycles. The number of carbonyl (C=O) groups excluding carboxylic acids is 2. The molecule has 2 aromatic carbocycles. The van der Waals surface area contributed by atoms with Gasteiger partial charge in [-0.05, 0) is 36.1 Å². The molecule has 0 aliphatic carbocycles. The Balaban J connectivity index is 1.79. The minimum absolute atomic E-state index is 0.00135. The fourth-order valence-corrected chi connectivity index (χ4v) is 5.05. The van der Waals surface area contributed by atoms with E-state index in [-0.39, 0.29) is 16.6 Å². The fraction of sp³-hybridized carbons (Fsp3) is 0.292. The first-order valence-electron chi connectivity index (χ1n) is 10.9. The van der Waals surface area contributed by atoms with Crippen LogP contribution in [0.15, 0.2) is 54.6 Å². The number of nitrogens with zero attached hydrogens (tertiary/aromatic N) is 2. The molecule has 0 fully saturated rings. The lowest BCUT2D eigenvalue weighted by Gasteiger charge is -2.25. The number of aliphatic hydroxyl groups is 1. The van der Waals surface area contributed by atoms with Gasteiger partial charge in [-0.15, -0.1) is 11.3 Å². The number of thiazole rings is 1. The van der Waals surface area contributed by atoms with Crippen LogP contribution in [0.25, 0.3) is 0 Å². The van der Waals surface area contributed by atoms with Gasteiger partial charge in [-0.25, -0.2) is 18.1 Å². The molecule has 0 saturated carbocycles. The summed E-state index contributed by atoms with van der Waals surface area (Å²) in [6.45, 7) is 0.292. The average molecular weight is 552 g/mol. The van der Waals surface area contributed by atoms with Gasteiger partial charge in [0.25, 0.3) is 11.8 Å². The fourth-order valence-electron chi connectivity index (χ4n) is 3.42. The Kier molecular flexibility index (Phi) is 9.43. The number of sulfonamides is 1. The van der Waals surface area contributed by atoms with Crippen LogP contribution in [0.1, 0.15) is 39.1 Å². The zero-order chi connectivity index (χ0) is 26.3. The number of aromatic nitrogens is 1. The highest BCUT2D eigenvalue weighted by Crippen LogP contribution is 2.27. The van der Waals surface area contributed by atoms with Crippen LogP contribution in [0, 0.1) is 0 Å². The molecule has 0 aliphatic heterocycles. The van der Waals surface area contributed by atoms with E-state index in [0.29, 0.717) is 35.7 Å². The van der Waals surface area contributed by atoms with Gasteiger partial charge in [0, 0.05) is 6.54 Å². The molecule has 3 aromatic rings. The molecular weight excluding hydrogens is 526 g/mol. The number of methoxy groups -OCH3 is 1. The number of halogens is 1. The number of hydrogen-bond donors (Lipinski definition) is 2. The Labute approximate surface area is 218 Å². The van der Waals surface area contributed by atoms with E-state index in [4.69, 9.17) is 16.3 Å². The smallest absolute Gasteiger partial charge is 0.285 e. The standard InChI is InChI=1S/C24H26ClN3O6S2/c1-34-18-12-10-17(11-13-18)21(29)24(31)28(14-6-9-16-7-4-3-5-8-16)15-19-26-20(22(25)35-19)23(30)27-36(2,32)33/h3-5,7-8,10-13,21,29H,6,9,14-15H2,1-2H3,(H,27,30)/t21-/m1/s1. The van der Waals surface area contributed by atoms with Gasteiger partial charge >= 0.3 is 0 Å². The second-order valence-electron chi connectivity index (χ2n) is 7.96. The summed E-state index contributed by atoms with van der Waals surface area (Å²) >= 11 is 7.10. The van der Waals surface area contributed by atoms with E-state index in [0.717, 1.165) is 23.2 Å². The summed E-state index contributed by atoms with van der Waals surface area (Å²) in [5, 5.41) is 11.1. The van der Waals surface area contributed by atoms with Crippen LogP contribution in [-0.4, -0.2) is 55.1 Å². The van der Waals surface area contributed by atoms with Crippen molar-refractivity contribution in [2.45, 2.75) is 25.5 Å². The number of nitrogens with one attached hydrogen (secondary N) is 1. The van der Waals surface area contributed by atoms with Crippen LogP contribution in [0.5, 0.6) is 5.75 Å². The SMILES string of the molecule is COc1ccc([C@@H](O)C(=O)N(CCCc2ccccc2)Cc2nc(C(=O)NS(C)(=O)=O)c(Cl)s2)cc1. The Morgan fingerprint density at radius 1 is 1.17 bits per heavy atom. The van der Waals surface area contributed by atoms with Crippen molar-refractivity contribution in [1.82, 2.24) is 14.6 Å². The maximum absolute atomic E-state index is 13.3. The predicted molar refractivity (Wildman–Crippen MR) is 138 cm³/mol. The molecule has 0 aliphatic rings. The van der Waals surface area contributed by atoms with Crippen LogP contribution in [0.3, 0.4) is 0 Å². The van der Waals surface area contributed by atoms with Crippen molar-refractivity contribution in [3.63, 3.8) is 0 Å². The van der Waals surface area contributed by atoms with E-state index in [9.17, 15) is 23.1 Å². The van der Waals surface area contributed by atoms with Crippen LogP contribution < -0.4 is 9.46 Å². The molecule has 2 N–H and O–H groups in total. The third-order valence-corrected chi connectivity index (χ3v) is 6.96. The van der Waals surface area contributed by atoms with Crippen molar-refractivity contribution in [1.29, 1.82) is 0 Å². The van der Waals surface area contributed by atoms with Gasteiger partial charge in [-0.1, -0.05) is 54.1 Å². The van der Waals surface area contributed by atoms with E-state index in [1.165, 1.54) is 12.0 Å². The molecule has 0 bridgehead atoms. The number of aryl methyl sites for hydroxylation is 1. The number of amides is 2. The molecule has 3 rings (SSSR count). The van der Waals surface area contributed by atoms with Crippen molar-refractivity contribution in [2.75, 3.05) is 19.9 Å². The first-order chi connectivity index (χ1) is 17.1. The zero-order valence-electron chi connectivity index (χ0n) is 19.7. The van der Waals surface area contributed by atoms with E-state index in [2.05, 4.69) is 4.98 Å². The van der Waals surface area contributed by atoms with Gasteiger partial charge in [-0.2, -0.15) is 0 Å². The predicted octanol–water partition coefficient (Wildman–Crippen LogP) is 3.19. The molecule has 0 spiro atoms. The lowest BCUT2D eigenvalue weighted by molar-refractivity contribution is -0.141. The van der Waals surface area contributed by atoms with E-state index < -0.39 is 27.9 Å². The third kappa shape index (κ3) is 7.76. The summed E-state index contributed by atoms with van der Waals surface area (Å²) in [5.74, 6) is -0.901. The monoisotopic (exact) mass is 551 g/mol. The van der Waals surface area contributed by atoms with Crippen molar-refractivity contribution < 1.29 is 27.9 Å². The Morgan fingerprint density at radius 3 is 2.44 bits per heavy atom. The van der Waals surface area contributed by atoms with Crippen LogP contribution in [0.4, 0.5) is 0 Å². The Morgan fingerprint density at radius 2 is 1.83 bits per heavy atom. The van der Waals surface area contributed by atoms with E-state index in [1.54, 1.807) is 24.3 Å². The number of benzene rings is 2. The highest BCUT2D eigenvalue weighted by atomic mass is 35.5. The average Bonchev–Trinajstić information content (AvgIpc) is 3.22. The molecular formula is C24H26ClN3O6S2. The lowest BCUT2D eigenvalue weighted by Crippen LogP contribution is -2.36. The quantitative estimate of drug-likeness (QED) is 0.375. The zero-order valence-corrected chi connectivity index (χ0v) is 22.1. The number of hydrogen-bond acceptors (Lipinski definition) is 8. The summed E-state index contributed by atoms with van der Waals surface area (Å²) in [7, 11) is -2.28. The number of aliphatic hydroxyl groups excluding tert-OH is 1. The first kappa shape index (κ1) is 27.6. The van der Waals surface area contributed by atoms with Crippen LogP contribution in [-0.2, 0) is 27.8 Å². The Hall–Kier alpha value is -2.99. The number of carbonyl (C=O) groups is 2. The molecule has 36 heavy (non-hydrogen) atoms. The molecule has 1 heterocycles. The van der Waals surface area contributed by atoms with Crippen LogP contribution in [0.2, 0.25) is 4.34 Å². The topological polar surface area (TPSA) is 126 Å². The molecule has 192 valence electrons. The maximum Gasteiger partial charge on any atom is 0.285 e. The third-order valence-electron chi connectivity index (χ3n) is 5.16. The highest BCUT2D eigenvalue weighted by Gasteiger charge is 2.26. The molecule has 0 unspecified atom stereocenters. The number of rotatable bonds is 11. The minimum Gasteiger partial charge on any atom is -0.497 e. The Bertz CT molecular complexity index is 1300. The van der Waals surface area contributed by atoms with E-state index in [1.807, 2.05) is 35.1 Å².